The van der Waals surface area contributed by atoms with E-state index in [9.17, 15) is 14.4 Å². The minimum absolute atomic E-state index is 0.0115. The van der Waals surface area contributed by atoms with Crippen molar-refractivity contribution in [3.8, 4) is 0 Å². The van der Waals surface area contributed by atoms with Crippen molar-refractivity contribution >= 4 is 17.8 Å². The highest BCUT2D eigenvalue weighted by Crippen LogP contribution is 2.46. The number of nitrogens with one attached hydrogen (secondary N) is 1. The molecule has 1 N–H and O–H groups in total. The highest BCUT2D eigenvalue weighted by Gasteiger charge is 2.39. The molecule has 0 spiro atoms. The van der Waals surface area contributed by atoms with Crippen molar-refractivity contribution in [3.05, 3.63) is 70.8 Å². The highest BCUT2D eigenvalue weighted by molar-refractivity contribution is 6.03. The van der Waals surface area contributed by atoms with Crippen LogP contribution in [0.3, 0.4) is 0 Å². The fraction of sp³-hybridized carbons (Fsp3) is 0.400. The van der Waals surface area contributed by atoms with Crippen LogP contribution in [0.4, 0.5) is 0 Å². The summed E-state index contributed by atoms with van der Waals surface area (Å²) in [6.45, 7) is 8.74. The number of carbonyl (C=O) groups is 3. The third-order valence-corrected chi connectivity index (χ3v) is 6.16. The summed E-state index contributed by atoms with van der Waals surface area (Å²) in [6, 6.07) is 14.0. The van der Waals surface area contributed by atoms with E-state index < -0.39 is 23.8 Å². The lowest BCUT2D eigenvalue weighted by Crippen LogP contribution is -2.37. The molecule has 1 aliphatic rings. The molecular weight excluding hydrogens is 394 g/mol. The number of rotatable bonds is 4. The van der Waals surface area contributed by atoms with E-state index in [2.05, 4.69) is 33.2 Å². The van der Waals surface area contributed by atoms with Gasteiger partial charge in [0.15, 0.2) is 5.92 Å². The van der Waals surface area contributed by atoms with Crippen LogP contribution in [-0.4, -0.2) is 25.0 Å². The molecule has 164 valence electrons. The van der Waals surface area contributed by atoms with Crippen LogP contribution in [0.25, 0.3) is 0 Å². The number of hydrogen-bond acceptors (Lipinski definition) is 5. The summed E-state index contributed by atoms with van der Waals surface area (Å²) in [4.78, 5) is 42.4. The van der Waals surface area contributed by atoms with Crippen molar-refractivity contribution in [2.45, 2.75) is 57.3 Å². The zero-order chi connectivity index (χ0) is 22.8. The van der Waals surface area contributed by atoms with Crippen LogP contribution in [0.15, 0.2) is 48.5 Å². The second kappa shape index (κ2) is 8.53. The van der Waals surface area contributed by atoms with E-state index in [-0.39, 0.29) is 16.4 Å². The first-order valence-electron chi connectivity index (χ1n) is 10.4. The zero-order valence-corrected chi connectivity index (χ0v) is 18.7. The summed E-state index contributed by atoms with van der Waals surface area (Å²) in [5.74, 6) is -3.45. The first kappa shape index (κ1) is 22.5. The van der Waals surface area contributed by atoms with E-state index in [0.717, 1.165) is 18.4 Å². The van der Waals surface area contributed by atoms with E-state index in [0.29, 0.717) is 5.56 Å². The monoisotopic (exact) mass is 423 g/mol. The Morgan fingerprint density at radius 1 is 0.903 bits per heavy atom. The summed E-state index contributed by atoms with van der Waals surface area (Å²) in [5.41, 5.74) is 5.17. The van der Waals surface area contributed by atoms with Gasteiger partial charge in [-0.05, 0) is 52.5 Å². The van der Waals surface area contributed by atoms with Crippen molar-refractivity contribution in [1.82, 2.24) is 5.48 Å². The SMILES string of the molecule is COC(=O)C(C(=O)NOC(=O)c1ccccc1)c1ccc2c(c1)C(C)(C)CCC2(C)C. The summed E-state index contributed by atoms with van der Waals surface area (Å²) in [6.07, 6.45) is 2.06. The molecule has 0 aliphatic heterocycles. The first-order chi connectivity index (χ1) is 14.6. The summed E-state index contributed by atoms with van der Waals surface area (Å²) < 4.78 is 4.88. The van der Waals surface area contributed by atoms with Gasteiger partial charge in [0.2, 0.25) is 0 Å². The predicted octanol–water partition coefficient (Wildman–Crippen LogP) is 4.18. The molecule has 1 aliphatic carbocycles. The van der Waals surface area contributed by atoms with Gasteiger partial charge < -0.3 is 9.57 Å². The third kappa shape index (κ3) is 4.63. The molecule has 1 unspecified atom stereocenters. The topological polar surface area (TPSA) is 81.7 Å². The quantitative estimate of drug-likeness (QED) is 0.453. The van der Waals surface area contributed by atoms with E-state index in [1.807, 2.05) is 12.1 Å². The van der Waals surface area contributed by atoms with Crippen molar-refractivity contribution in [3.63, 3.8) is 0 Å². The van der Waals surface area contributed by atoms with Crippen LogP contribution in [0.2, 0.25) is 0 Å². The maximum absolute atomic E-state index is 12.8. The van der Waals surface area contributed by atoms with E-state index in [1.54, 1.807) is 36.4 Å². The van der Waals surface area contributed by atoms with E-state index >= 15 is 0 Å². The average Bonchev–Trinajstić information content (AvgIpc) is 2.76. The molecule has 0 saturated carbocycles. The fourth-order valence-corrected chi connectivity index (χ4v) is 4.09. The predicted molar refractivity (Wildman–Crippen MR) is 116 cm³/mol. The van der Waals surface area contributed by atoms with Crippen molar-refractivity contribution in [1.29, 1.82) is 0 Å². The van der Waals surface area contributed by atoms with Gasteiger partial charge >= 0.3 is 11.9 Å². The standard InChI is InChI=1S/C25H29NO5/c1-24(2)13-14-25(3,4)19-15-17(11-12-18(19)24)20(23(29)30-5)21(27)26-31-22(28)16-9-7-6-8-10-16/h6-12,15,20H,13-14H2,1-5H3,(H,26,27). The number of amides is 1. The molecule has 31 heavy (non-hydrogen) atoms. The molecule has 1 atom stereocenters. The second-order valence-electron chi connectivity index (χ2n) is 9.25. The third-order valence-electron chi connectivity index (χ3n) is 6.16. The Labute approximate surface area is 182 Å². The number of methoxy groups -OCH3 is 1. The van der Waals surface area contributed by atoms with E-state index in [4.69, 9.17) is 9.57 Å². The lowest BCUT2D eigenvalue weighted by molar-refractivity contribution is -0.149. The maximum Gasteiger partial charge on any atom is 0.362 e. The van der Waals surface area contributed by atoms with Gasteiger partial charge in [-0.15, -0.1) is 0 Å². The van der Waals surface area contributed by atoms with Gasteiger partial charge in [-0.2, -0.15) is 5.48 Å². The van der Waals surface area contributed by atoms with Gasteiger partial charge in [0, 0.05) is 0 Å². The maximum atomic E-state index is 12.8. The molecule has 0 fully saturated rings. The van der Waals surface area contributed by atoms with Gasteiger partial charge in [-0.1, -0.05) is 64.1 Å². The number of benzene rings is 2. The summed E-state index contributed by atoms with van der Waals surface area (Å²) in [5, 5.41) is 0. The fourth-order valence-electron chi connectivity index (χ4n) is 4.09. The molecule has 3 rings (SSSR count). The summed E-state index contributed by atoms with van der Waals surface area (Å²) >= 11 is 0. The van der Waals surface area contributed by atoms with Gasteiger partial charge in [0.1, 0.15) is 0 Å². The van der Waals surface area contributed by atoms with Gasteiger partial charge in [0.05, 0.1) is 12.7 Å². The zero-order valence-electron chi connectivity index (χ0n) is 18.7. The Bertz CT molecular complexity index is 994. The number of ether oxygens (including phenoxy) is 1. The van der Waals surface area contributed by atoms with Crippen molar-refractivity contribution < 1.29 is 24.0 Å². The molecular formula is C25H29NO5. The Kier molecular flexibility index (Phi) is 6.20. The molecule has 6 nitrogen and oxygen atoms in total. The number of carbonyl (C=O) groups excluding carboxylic acids is 3. The van der Waals surface area contributed by atoms with Crippen LogP contribution < -0.4 is 5.48 Å². The Morgan fingerprint density at radius 2 is 1.52 bits per heavy atom. The molecule has 0 saturated heterocycles. The van der Waals surface area contributed by atoms with Crippen LogP contribution in [0.5, 0.6) is 0 Å². The summed E-state index contributed by atoms with van der Waals surface area (Å²) in [7, 11) is 1.23. The molecule has 0 heterocycles. The molecule has 2 aromatic carbocycles. The highest BCUT2D eigenvalue weighted by atomic mass is 16.7. The number of hydroxylamine groups is 1. The smallest absolute Gasteiger partial charge is 0.362 e. The first-order valence-corrected chi connectivity index (χ1v) is 10.4. The van der Waals surface area contributed by atoms with Crippen LogP contribution in [-0.2, 0) is 30.0 Å². The minimum Gasteiger partial charge on any atom is -0.468 e. The molecule has 1 amide bonds. The number of hydrogen-bond donors (Lipinski definition) is 1. The largest absolute Gasteiger partial charge is 0.468 e. The number of fused-ring (bicyclic) bond motifs is 1. The lowest BCUT2D eigenvalue weighted by Gasteiger charge is -2.42. The van der Waals surface area contributed by atoms with Crippen molar-refractivity contribution in [2.75, 3.05) is 7.11 Å². The van der Waals surface area contributed by atoms with E-state index in [1.165, 1.54) is 12.7 Å². The minimum atomic E-state index is -1.25. The molecule has 0 bridgehead atoms. The van der Waals surface area contributed by atoms with Gasteiger partial charge in [-0.25, -0.2) is 4.79 Å². The average molecular weight is 424 g/mol. The second-order valence-corrected chi connectivity index (χ2v) is 9.25. The molecule has 2 aromatic rings. The van der Waals surface area contributed by atoms with Crippen LogP contribution in [0.1, 0.15) is 73.5 Å². The molecule has 6 heteroatoms. The molecule has 0 aromatic heterocycles. The Morgan fingerprint density at radius 3 is 2.13 bits per heavy atom. The van der Waals surface area contributed by atoms with Crippen molar-refractivity contribution in [2.24, 2.45) is 0 Å². The number of esters is 1. The van der Waals surface area contributed by atoms with Gasteiger partial charge in [-0.3, -0.25) is 9.59 Å². The van der Waals surface area contributed by atoms with Crippen LogP contribution in [0, 0.1) is 0 Å². The normalized spacial score (nSPS) is 17.1. The van der Waals surface area contributed by atoms with Crippen LogP contribution >= 0.6 is 0 Å². The molecule has 0 radical (unpaired) electrons. The lowest BCUT2D eigenvalue weighted by atomic mass is 9.62. The Balaban J connectivity index is 1.88. The Hall–Kier alpha value is -3.15. The van der Waals surface area contributed by atoms with Gasteiger partial charge in [0.25, 0.3) is 5.91 Å².